The molecule has 0 radical (unpaired) electrons. The van der Waals surface area contributed by atoms with Crippen molar-refractivity contribution in [2.24, 2.45) is 0 Å². The molecule has 0 spiro atoms. The third kappa shape index (κ3) is 5.53. The van der Waals surface area contributed by atoms with Gasteiger partial charge in [-0.05, 0) is 62.8 Å². The lowest BCUT2D eigenvalue weighted by Gasteiger charge is -2.30. The minimum atomic E-state index is -3.34. The Hall–Kier alpha value is -0.980. The maximum Gasteiger partial charge on any atom is 0.225 e. The second-order valence-corrected chi connectivity index (χ2v) is 8.67. The molecule has 1 aromatic carbocycles. The summed E-state index contributed by atoms with van der Waals surface area (Å²) in [6.45, 7) is 7.17. The van der Waals surface area contributed by atoms with Gasteiger partial charge in [0.15, 0.2) is 0 Å². The molecule has 0 amide bonds. The first-order valence-electron chi connectivity index (χ1n) is 8.45. The molecule has 2 rings (SSSR count). The molecule has 24 heavy (non-hydrogen) atoms. The molecular formula is C17H27ClN2O3S. The number of ether oxygens (including phenoxy) is 1. The van der Waals surface area contributed by atoms with Gasteiger partial charge in [-0.25, -0.2) is 13.1 Å². The number of hydrogen-bond donors (Lipinski definition) is 1. The molecule has 0 saturated carbocycles. The van der Waals surface area contributed by atoms with Crippen LogP contribution < -0.4 is 14.4 Å². The van der Waals surface area contributed by atoms with Crippen molar-refractivity contribution in [2.75, 3.05) is 36.4 Å². The summed E-state index contributed by atoms with van der Waals surface area (Å²) in [6.07, 6.45) is 4.44. The zero-order valence-corrected chi connectivity index (χ0v) is 16.0. The number of sulfonamides is 1. The lowest BCUT2D eigenvalue weighted by molar-refractivity contribution is 0.307. The third-order valence-corrected chi connectivity index (χ3v) is 5.99. The van der Waals surface area contributed by atoms with Crippen LogP contribution in [0.1, 0.15) is 36.8 Å². The Morgan fingerprint density at radius 2 is 1.79 bits per heavy atom. The molecule has 0 atom stereocenters. The van der Waals surface area contributed by atoms with E-state index in [9.17, 15) is 8.42 Å². The smallest absolute Gasteiger partial charge is 0.225 e. The van der Waals surface area contributed by atoms with Crippen molar-refractivity contribution in [1.82, 2.24) is 4.72 Å². The van der Waals surface area contributed by atoms with E-state index in [-0.39, 0.29) is 0 Å². The molecular weight excluding hydrogens is 348 g/mol. The van der Waals surface area contributed by atoms with Crippen LogP contribution in [-0.2, 0) is 10.0 Å². The van der Waals surface area contributed by atoms with Crippen molar-refractivity contribution in [3.63, 3.8) is 0 Å². The summed E-state index contributed by atoms with van der Waals surface area (Å²) in [5.74, 6) is 0.899. The topological polar surface area (TPSA) is 58.6 Å². The number of rotatable bonds is 8. The molecule has 1 aliphatic rings. The third-order valence-electron chi connectivity index (χ3n) is 4.20. The number of hydrogen-bond acceptors (Lipinski definition) is 4. The molecule has 0 unspecified atom stereocenters. The summed E-state index contributed by atoms with van der Waals surface area (Å²) in [6, 6.07) is 4.37. The summed E-state index contributed by atoms with van der Waals surface area (Å²) >= 11 is 5.34. The van der Waals surface area contributed by atoms with E-state index in [1.165, 1.54) is 24.9 Å². The van der Waals surface area contributed by atoms with Crippen LogP contribution >= 0.6 is 11.6 Å². The van der Waals surface area contributed by atoms with E-state index in [1.54, 1.807) is 0 Å². The summed E-state index contributed by atoms with van der Waals surface area (Å²) in [5.41, 5.74) is 3.51. The molecule has 0 bridgehead atoms. The molecule has 1 aromatic rings. The molecule has 0 aliphatic carbocycles. The summed E-state index contributed by atoms with van der Waals surface area (Å²) in [7, 11) is -3.34. The van der Waals surface area contributed by atoms with Crippen LogP contribution in [0.15, 0.2) is 12.1 Å². The van der Waals surface area contributed by atoms with Crippen LogP contribution in [-0.4, -0.2) is 39.9 Å². The maximum absolute atomic E-state index is 11.2. The first kappa shape index (κ1) is 19.3. The molecule has 1 heterocycles. The number of nitrogens with zero attached hydrogens (tertiary/aromatic N) is 1. The lowest BCUT2D eigenvalue weighted by Crippen LogP contribution is -2.29. The minimum absolute atomic E-state index is 0.332. The number of benzene rings is 1. The standard InChI is InChI=1S/C17H27ClN2O3S/c1-14-11-16(20-8-4-3-5-9-20)12-15(2)17(14)23-10-6-7-19-24(21,22)13-18/h11-12,19H,3-10,13H2,1-2H3. The van der Waals surface area contributed by atoms with Gasteiger partial charge >= 0.3 is 0 Å². The Labute approximate surface area is 150 Å². The number of aryl methyl sites for hydroxylation is 2. The fourth-order valence-corrected chi connectivity index (χ4v) is 3.77. The second kappa shape index (κ2) is 8.92. The van der Waals surface area contributed by atoms with Gasteiger partial charge in [-0.3, -0.25) is 0 Å². The van der Waals surface area contributed by atoms with Crippen molar-refractivity contribution < 1.29 is 13.2 Å². The first-order chi connectivity index (χ1) is 11.4. The zero-order valence-electron chi connectivity index (χ0n) is 14.5. The largest absolute Gasteiger partial charge is 0.493 e. The van der Waals surface area contributed by atoms with Crippen LogP contribution in [0.25, 0.3) is 0 Å². The van der Waals surface area contributed by atoms with E-state index in [0.29, 0.717) is 19.6 Å². The first-order valence-corrected chi connectivity index (χ1v) is 10.6. The molecule has 1 saturated heterocycles. The van der Waals surface area contributed by atoms with Gasteiger partial charge < -0.3 is 9.64 Å². The Balaban J connectivity index is 1.89. The van der Waals surface area contributed by atoms with Crippen LogP contribution in [0.2, 0.25) is 0 Å². The monoisotopic (exact) mass is 374 g/mol. The van der Waals surface area contributed by atoms with E-state index in [4.69, 9.17) is 16.3 Å². The summed E-state index contributed by atoms with van der Waals surface area (Å²) in [4.78, 5) is 2.44. The Kier molecular flexibility index (Phi) is 7.19. The van der Waals surface area contributed by atoms with Crippen molar-refractivity contribution >= 4 is 27.3 Å². The van der Waals surface area contributed by atoms with Crippen LogP contribution in [0, 0.1) is 13.8 Å². The van der Waals surface area contributed by atoms with E-state index in [0.717, 1.165) is 30.0 Å². The zero-order chi connectivity index (χ0) is 17.6. The predicted octanol–water partition coefficient (Wildman–Crippen LogP) is 3.18. The number of anilines is 1. The molecule has 0 aromatic heterocycles. The normalized spacial score (nSPS) is 15.5. The van der Waals surface area contributed by atoms with E-state index >= 15 is 0 Å². The van der Waals surface area contributed by atoms with Gasteiger partial charge in [0.2, 0.25) is 10.0 Å². The van der Waals surface area contributed by atoms with Gasteiger partial charge in [0.25, 0.3) is 0 Å². The van der Waals surface area contributed by atoms with Gasteiger partial charge in [-0.1, -0.05) is 0 Å². The van der Waals surface area contributed by atoms with Gasteiger partial charge in [0, 0.05) is 25.3 Å². The van der Waals surface area contributed by atoms with Crippen LogP contribution in [0.5, 0.6) is 5.75 Å². The second-order valence-electron chi connectivity index (χ2n) is 6.28. The Morgan fingerprint density at radius 3 is 2.38 bits per heavy atom. The highest BCUT2D eigenvalue weighted by Crippen LogP contribution is 2.30. The highest BCUT2D eigenvalue weighted by Gasteiger charge is 2.14. The summed E-state index contributed by atoms with van der Waals surface area (Å²) < 4.78 is 30.8. The fourth-order valence-electron chi connectivity index (χ4n) is 3.00. The Bertz CT molecular complexity index is 620. The van der Waals surface area contributed by atoms with Crippen molar-refractivity contribution in [3.8, 4) is 5.75 Å². The van der Waals surface area contributed by atoms with Crippen LogP contribution in [0.3, 0.4) is 0 Å². The number of alkyl halides is 1. The number of nitrogens with one attached hydrogen (secondary N) is 1. The van der Waals surface area contributed by atoms with Gasteiger partial charge in [0.05, 0.1) is 6.61 Å². The molecule has 5 nitrogen and oxygen atoms in total. The lowest BCUT2D eigenvalue weighted by atomic mass is 10.1. The average molecular weight is 375 g/mol. The quantitative estimate of drug-likeness (QED) is 0.560. The average Bonchev–Trinajstić information content (AvgIpc) is 2.57. The number of piperidine rings is 1. The molecule has 1 aliphatic heterocycles. The fraction of sp³-hybridized carbons (Fsp3) is 0.647. The number of halogens is 1. The van der Waals surface area contributed by atoms with Crippen molar-refractivity contribution in [2.45, 2.75) is 39.5 Å². The van der Waals surface area contributed by atoms with E-state index in [1.807, 2.05) is 0 Å². The van der Waals surface area contributed by atoms with Crippen molar-refractivity contribution in [3.05, 3.63) is 23.3 Å². The van der Waals surface area contributed by atoms with E-state index in [2.05, 4.69) is 35.6 Å². The van der Waals surface area contributed by atoms with Gasteiger partial charge in [0.1, 0.15) is 11.0 Å². The minimum Gasteiger partial charge on any atom is -0.493 e. The molecule has 1 fully saturated rings. The highest BCUT2D eigenvalue weighted by atomic mass is 35.5. The molecule has 136 valence electrons. The van der Waals surface area contributed by atoms with Crippen molar-refractivity contribution in [1.29, 1.82) is 0 Å². The predicted molar refractivity (Wildman–Crippen MR) is 99.7 cm³/mol. The molecule has 7 heteroatoms. The maximum atomic E-state index is 11.2. The van der Waals surface area contributed by atoms with E-state index < -0.39 is 15.2 Å². The summed E-state index contributed by atoms with van der Waals surface area (Å²) in [5, 5.41) is -0.413. The Morgan fingerprint density at radius 1 is 1.17 bits per heavy atom. The molecule has 1 N–H and O–H groups in total. The van der Waals surface area contributed by atoms with Gasteiger partial charge in [-0.15, -0.1) is 11.6 Å². The highest BCUT2D eigenvalue weighted by molar-refractivity contribution is 7.90. The van der Waals surface area contributed by atoms with Gasteiger partial charge in [-0.2, -0.15) is 0 Å². The van der Waals surface area contributed by atoms with Crippen LogP contribution in [0.4, 0.5) is 5.69 Å². The SMILES string of the molecule is Cc1cc(N2CCCCC2)cc(C)c1OCCCNS(=O)(=O)CCl.